The third-order valence-corrected chi connectivity index (χ3v) is 6.45. The summed E-state index contributed by atoms with van der Waals surface area (Å²) in [4.78, 5) is 0.251. The molecule has 128 valence electrons. The van der Waals surface area contributed by atoms with Crippen LogP contribution in [-0.2, 0) is 19.3 Å². The minimum atomic E-state index is -3.54. The molecule has 5 nitrogen and oxygen atoms in total. The van der Waals surface area contributed by atoms with E-state index in [1.807, 2.05) is 45.9 Å². The summed E-state index contributed by atoms with van der Waals surface area (Å²) in [5.74, 6) is 0. The molecule has 2 aromatic carbocycles. The van der Waals surface area contributed by atoms with E-state index >= 15 is 0 Å². The van der Waals surface area contributed by atoms with Crippen LogP contribution in [0.4, 0.5) is 0 Å². The molecule has 0 spiro atoms. The summed E-state index contributed by atoms with van der Waals surface area (Å²) in [6.07, 6.45) is 0. The van der Waals surface area contributed by atoms with Crippen LogP contribution >= 0.6 is 0 Å². The van der Waals surface area contributed by atoms with Crippen molar-refractivity contribution in [2.24, 2.45) is 0 Å². The Morgan fingerprint density at radius 3 is 2.04 bits per heavy atom. The maximum atomic E-state index is 12.3. The van der Waals surface area contributed by atoms with E-state index in [0.717, 1.165) is 10.8 Å². The van der Waals surface area contributed by atoms with Gasteiger partial charge in [0.05, 0.1) is 16.1 Å². The molecule has 1 saturated heterocycles. The summed E-state index contributed by atoms with van der Waals surface area (Å²) in [6.45, 7) is 7.98. The number of sulfonamides is 1. The highest BCUT2D eigenvalue weighted by molar-refractivity contribution is 7.89. The molecular formula is C17H22BNO4S. The lowest BCUT2D eigenvalue weighted by Gasteiger charge is -2.32. The van der Waals surface area contributed by atoms with Crippen LogP contribution in [0.25, 0.3) is 10.8 Å². The molecule has 1 aliphatic rings. The van der Waals surface area contributed by atoms with Crippen LogP contribution in [0.2, 0.25) is 0 Å². The lowest BCUT2D eigenvalue weighted by molar-refractivity contribution is 0.00578. The van der Waals surface area contributed by atoms with E-state index in [0.29, 0.717) is 5.39 Å². The molecule has 0 aromatic heterocycles. The molecule has 1 heterocycles. The number of rotatable bonds is 3. The summed E-state index contributed by atoms with van der Waals surface area (Å²) in [7, 11) is -2.67. The molecule has 3 rings (SSSR count). The molecule has 24 heavy (non-hydrogen) atoms. The third-order valence-electron chi connectivity index (χ3n) is 4.98. The van der Waals surface area contributed by atoms with Crippen LogP contribution in [0, 0.1) is 0 Å². The van der Waals surface area contributed by atoms with Crippen LogP contribution in [0.15, 0.2) is 41.3 Å². The van der Waals surface area contributed by atoms with Gasteiger partial charge >= 0.3 is 7.12 Å². The van der Waals surface area contributed by atoms with Gasteiger partial charge in [-0.3, -0.25) is 0 Å². The number of hydrogen-bond donors (Lipinski definition) is 1. The van der Waals surface area contributed by atoms with Gasteiger partial charge in [0.1, 0.15) is 0 Å². The van der Waals surface area contributed by atoms with Gasteiger partial charge in [-0.2, -0.15) is 0 Å². The highest BCUT2D eigenvalue weighted by Crippen LogP contribution is 2.37. The number of hydrogen-bond acceptors (Lipinski definition) is 4. The minimum Gasteiger partial charge on any atom is -0.399 e. The monoisotopic (exact) mass is 347 g/mol. The van der Waals surface area contributed by atoms with Gasteiger partial charge in [-0.15, -0.1) is 0 Å². The van der Waals surface area contributed by atoms with E-state index in [2.05, 4.69) is 4.72 Å². The zero-order chi connectivity index (χ0) is 17.8. The largest absolute Gasteiger partial charge is 0.495 e. The molecular weight excluding hydrogens is 325 g/mol. The number of nitrogens with one attached hydrogen (secondary N) is 1. The van der Waals surface area contributed by atoms with Crippen LogP contribution < -0.4 is 10.2 Å². The summed E-state index contributed by atoms with van der Waals surface area (Å²) >= 11 is 0. The Hall–Kier alpha value is -1.41. The van der Waals surface area contributed by atoms with Crippen molar-refractivity contribution < 1.29 is 17.7 Å². The van der Waals surface area contributed by atoms with Gasteiger partial charge in [0.15, 0.2) is 0 Å². The Morgan fingerprint density at radius 2 is 1.46 bits per heavy atom. The predicted molar refractivity (Wildman–Crippen MR) is 95.9 cm³/mol. The Kier molecular flexibility index (Phi) is 4.03. The van der Waals surface area contributed by atoms with Crippen LogP contribution in [0.3, 0.4) is 0 Å². The van der Waals surface area contributed by atoms with Crippen molar-refractivity contribution >= 4 is 33.4 Å². The van der Waals surface area contributed by atoms with Crippen molar-refractivity contribution in [3.63, 3.8) is 0 Å². The Morgan fingerprint density at radius 1 is 0.917 bits per heavy atom. The molecule has 1 fully saturated rings. The lowest BCUT2D eigenvalue weighted by Crippen LogP contribution is -2.41. The molecule has 0 atom stereocenters. The molecule has 0 bridgehead atoms. The maximum Gasteiger partial charge on any atom is 0.495 e. The molecule has 1 aliphatic heterocycles. The van der Waals surface area contributed by atoms with Crippen molar-refractivity contribution in [2.75, 3.05) is 7.05 Å². The third kappa shape index (κ3) is 2.65. The average Bonchev–Trinajstić information content (AvgIpc) is 2.74. The first-order valence-electron chi connectivity index (χ1n) is 7.90. The predicted octanol–water partition coefficient (Wildman–Crippen LogP) is 2.05. The van der Waals surface area contributed by atoms with Gasteiger partial charge in [-0.1, -0.05) is 30.3 Å². The number of fused-ring (bicyclic) bond motifs is 1. The van der Waals surface area contributed by atoms with Gasteiger partial charge in [0.2, 0.25) is 10.0 Å². The molecule has 0 amide bonds. The highest BCUT2D eigenvalue weighted by atomic mass is 32.2. The van der Waals surface area contributed by atoms with E-state index in [4.69, 9.17) is 9.31 Å². The van der Waals surface area contributed by atoms with Crippen LogP contribution in [0.5, 0.6) is 0 Å². The molecule has 0 saturated carbocycles. The molecule has 0 radical (unpaired) electrons. The first-order valence-corrected chi connectivity index (χ1v) is 9.38. The number of benzene rings is 2. The quantitative estimate of drug-likeness (QED) is 0.863. The van der Waals surface area contributed by atoms with Crippen molar-refractivity contribution in [2.45, 2.75) is 43.8 Å². The smallest absolute Gasteiger partial charge is 0.399 e. The fraction of sp³-hybridized carbons (Fsp3) is 0.412. The minimum absolute atomic E-state index is 0.251. The van der Waals surface area contributed by atoms with Crippen LogP contribution in [0.1, 0.15) is 27.7 Å². The van der Waals surface area contributed by atoms with E-state index in [1.165, 1.54) is 7.05 Å². The summed E-state index contributed by atoms with van der Waals surface area (Å²) in [5.41, 5.74) is -0.0671. The summed E-state index contributed by atoms with van der Waals surface area (Å²) < 4.78 is 39.2. The van der Waals surface area contributed by atoms with Crippen molar-refractivity contribution in [3.8, 4) is 0 Å². The van der Waals surface area contributed by atoms with Gasteiger partial charge in [0, 0.05) is 5.39 Å². The Labute approximate surface area is 143 Å². The molecule has 0 unspecified atom stereocenters. The van der Waals surface area contributed by atoms with Gasteiger partial charge in [-0.05, 0) is 51.7 Å². The van der Waals surface area contributed by atoms with Crippen molar-refractivity contribution in [1.29, 1.82) is 0 Å². The van der Waals surface area contributed by atoms with Crippen molar-refractivity contribution in [3.05, 3.63) is 36.4 Å². The highest BCUT2D eigenvalue weighted by Gasteiger charge is 2.52. The van der Waals surface area contributed by atoms with Gasteiger partial charge < -0.3 is 9.31 Å². The lowest BCUT2D eigenvalue weighted by atomic mass is 9.76. The van der Waals surface area contributed by atoms with E-state index in [-0.39, 0.29) is 4.90 Å². The summed E-state index contributed by atoms with van der Waals surface area (Å²) in [5, 5.41) is 1.46. The normalized spacial score (nSPS) is 19.8. The van der Waals surface area contributed by atoms with E-state index in [9.17, 15) is 8.42 Å². The SMILES string of the molecule is CNS(=O)(=O)c1cccc2c(B3OC(C)(C)C(C)(C)O3)cccc12. The van der Waals surface area contributed by atoms with E-state index < -0.39 is 28.3 Å². The van der Waals surface area contributed by atoms with Gasteiger partial charge in [-0.25, -0.2) is 13.1 Å². The second-order valence-electron chi connectivity index (χ2n) is 6.99. The fourth-order valence-electron chi connectivity index (χ4n) is 2.83. The fourth-order valence-corrected chi connectivity index (χ4v) is 3.77. The molecule has 7 heteroatoms. The zero-order valence-electron chi connectivity index (χ0n) is 14.6. The second-order valence-corrected chi connectivity index (χ2v) is 8.85. The first kappa shape index (κ1) is 17.4. The Balaban J connectivity index is 2.17. The van der Waals surface area contributed by atoms with Gasteiger partial charge in [0.25, 0.3) is 0 Å². The zero-order valence-corrected chi connectivity index (χ0v) is 15.4. The average molecular weight is 347 g/mol. The summed E-state index contributed by atoms with van der Waals surface area (Å²) in [6, 6.07) is 10.8. The maximum absolute atomic E-state index is 12.3. The van der Waals surface area contributed by atoms with Crippen LogP contribution in [-0.4, -0.2) is 33.8 Å². The molecule has 0 aliphatic carbocycles. The first-order chi connectivity index (χ1) is 11.1. The van der Waals surface area contributed by atoms with Crippen molar-refractivity contribution in [1.82, 2.24) is 4.72 Å². The topological polar surface area (TPSA) is 64.6 Å². The van der Waals surface area contributed by atoms with E-state index in [1.54, 1.807) is 18.2 Å². The Bertz CT molecular complexity index is 877. The standard InChI is InChI=1S/C17H22BNO4S/c1-16(2)17(3,4)23-18(22-16)14-10-6-9-13-12(14)8-7-11-15(13)24(20,21)19-5/h6-11,19H,1-5H3. The second kappa shape index (κ2) is 5.56. The molecule has 2 aromatic rings. The molecule has 1 N–H and O–H groups in total.